The van der Waals surface area contributed by atoms with E-state index in [1.54, 1.807) is 19.4 Å². The number of carbonyl (C=O) groups is 1. The fourth-order valence-electron chi connectivity index (χ4n) is 2.42. The Hall–Kier alpha value is -2.57. The summed E-state index contributed by atoms with van der Waals surface area (Å²) in [6.07, 6.45) is 2.76. The first-order chi connectivity index (χ1) is 13.1. The lowest BCUT2D eigenvalue weighted by Crippen LogP contribution is -2.15. The predicted octanol–water partition coefficient (Wildman–Crippen LogP) is 4.80. The van der Waals surface area contributed by atoms with Crippen molar-refractivity contribution in [3.63, 3.8) is 0 Å². The molecule has 140 valence electrons. The molecule has 1 N–H and O–H groups in total. The zero-order valence-electron chi connectivity index (χ0n) is 14.8. The van der Waals surface area contributed by atoms with E-state index in [9.17, 15) is 4.79 Å². The molecule has 0 aliphatic heterocycles. The minimum Gasteiger partial charge on any atom is -0.493 e. The van der Waals surface area contributed by atoms with Crippen molar-refractivity contribution in [1.29, 1.82) is 0 Å². The van der Waals surface area contributed by atoms with Gasteiger partial charge in [-0.1, -0.05) is 35.9 Å². The van der Waals surface area contributed by atoms with Crippen LogP contribution in [0.2, 0.25) is 5.02 Å². The van der Waals surface area contributed by atoms with Crippen LogP contribution in [0, 0.1) is 0 Å². The highest BCUT2D eigenvalue weighted by atomic mass is 35.5. The molecule has 1 amide bonds. The number of ether oxygens (including phenoxy) is 2. The largest absolute Gasteiger partial charge is 0.493 e. The predicted molar refractivity (Wildman–Crippen MR) is 108 cm³/mol. The number of nitrogens with one attached hydrogen (secondary N) is 1. The number of anilines is 1. The van der Waals surface area contributed by atoms with Crippen LogP contribution in [0.3, 0.4) is 0 Å². The van der Waals surface area contributed by atoms with E-state index in [0.717, 1.165) is 16.9 Å². The average Bonchev–Trinajstić information content (AvgIpc) is 3.10. The Balaban J connectivity index is 1.47. The number of thiazole rings is 1. The molecular formula is C20H19ClN2O3S. The van der Waals surface area contributed by atoms with E-state index in [1.165, 1.54) is 11.3 Å². The van der Waals surface area contributed by atoms with Crippen LogP contribution in [0.5, 0.6) is 11.5 Å². The summed E-state index contributed by atoms with van der Waals surface area (Å²) in [6, 6.07) is 15.0. The van der Waals surface area contributed by atoms with Crippen LogP contribution in [-0.4, -0.2) is 24.6 Å². The molecule has 0 fully saturated rings. The topological polar surface area (TPSA) is 60.5 Å². The monoisotopic (exact) mass is 402 g/mol. The van der Waals surface area contributed by atoms with Gasteiger partial charge in [-0.15, -0.1) is 11.3 Å². The first-order valence-corrected chi connectivity index (χ1v) is 9.58. The third kappa shape index (κ3) is 5.70. The lowest BCUT2D eigenvalue weighted by atomic mass is 10.1. The molecule has 0 spiro atoms. The van der Waals surface area contributed by atoms with Crippen molar-refractivity contribution in [3.8, 4) is 11.5 Å². The molecule has 7 heteroatoms. The van der Waals surface area contributed by atoms with Gasteiger partial charge in [0.2, 0.25) is 5.91 Å². The van der Waals surface area contributed by atoms with Crippen molar-refractivity contribution in [2.45, 2.75) is 12.8 Å². The maximum atomic E-state index is 12.1. The van der Waals surface area contributed by atoms with Crippen molar-refractivity contribution in [2.75, 3.05) is 19.0 Å². The van der Waals surface area contributed by atoms with Gasteiger partial charge >= 0.3 is 0 Å². The highest BCUT2D eigenvalue weighted by Crippen LogP contribution is 2.26. The van der Waals surface area contributed by atoms with Crippen LogP contribution in [0.25, 0.3) is 0 Å². The number of benzene rings is 2. The summed E-state index contributed by atoms with van der Waals surface area (Å²) < 4.78 is 10.8. The van der Waals surface area contributed by atoms with Gasteiger partial charge in [0.1, 0.15) is 0 Å². The van der Waals surface area contributed by atoms with E-state index < -0.39 is 0 Å². The molecular weight excluding hydrogens is 384 g/mol. The summed E-state index contributed by atoms with van der Waals surface area (Å²) in [6.45, 7) is 0.259. The smallest absolute Gasteiger partial charge is 0.229 e. The molecule has 5 nitrogen and oxygen atoms in total. The fourth-order valence-corrected chi connectivity index (χ4v) is 3.41. The van der Waals surface area contributed by atoms with E-state index in [0.29, 0.717) is 21.7 Å². The van der Waals surface area contributed by atoms with Gasteiger partial charge in [-0.25, -0.2) is 4.98 Å². The number of methoxy groups -OCH3 is 1. The third-order valence-electron chi connectivity index (χ3n) is 3.75. The van der Waals surface area contributed by atoms with Crippen LogP contribution >= 0.6 is 22.9 Å². The number of nitrogens with zero attached hydrogens (tertiary/aromatic N) is 1. The first-order valence-electron chi connectivity index (χ1n) is 8.39. The molecule has 0 atom stereocenters. The molecule has 3 aromatic rings. The van der Waals surface area contributed by atoms with Crippen molar-refractivity contribution in [1.82, 2.24) is 4.98 Å². The molecule has 0 bridgehead atoms. The Morgan fingerprint density at radius 1 is 1.15 bits per heavy atom. The van der Waals surface area contributed by atoms with Crippen LogP contribution in [0.1, 0.15) is 16.9 Å². The van der Waals surface area contributed by atoms with Crippen LogP contribution in [-0.2, 0) is 11.2 Å². The molecule has 1 heterocycles. The van der Waals surface area contributed by atoms with E-state index in [4.69, 9.17) is 21.1 Å². The second kappa shape index (κ2) is 9.39. The van der Waals surface area contributed by atoms with Gasteiger partial charge in [-0.2, -0.15) is 0 Å². The van der Waals surface area contributed by atoms with Gasteiger partial charge in [0.15, 0.2) is 16.6 Å². The van der Waals surface area contributed by atoms with Gasteiger partial charge in [-0.3, -0.25) is 4.79 Å². The second-order valence-electron chi connectivity index (χ2n) is 5.73. The Morgan fingerprint density at radius 3 is 2.63 bits per heavy atom. The van der Waals surface area contributed by atoms with Gasteiger partial charge < -0.3 is 14.8 Å². The molecule has 0 radical (unpaired) electrons. The number of aromatic nitrogens is 1. The third-order valence-corrected chi connectivity index (χ3v) is 4.91. The van der Waals surface area contributed by atoms with Crippen molar-refractivity contribution < 1.29 is 14.3 Å². The summed E-state index contributed by atoms with van der Waals surface area (Å²) in [4.78, 5) is 17.4. The lowest BCUT2D eigenvalue weighted by Gasteiger charge is -2.09. The number of para-hydroxylation sites is 2. The molecule has 0 saturated heterocycles. The van der Waals surface area contributed by atoms with E-state index >= 15 is 0 Å². The Kier molecular flexibility index (Phi) is 6.68. The van der Waals surface area contributed by atoms with E-state index in [2.05, 4.69) is 10.3 Å². The van der Waals surface area contributed by atoms with Gasteiger partial charge in [0.05, 0.1) is 20.1 Å². The Bertz CT molecular complexity index is 896. The number of halogens is 1. The average molecular weight is 403 g/mol. The SMILES string of the molecule is COc1ccccc1OCCC(=O)Nc1ncc(Cc2ccc(Cl)cc2)s1. The van der Waals surface area contributed by atoms with Gasteiger partial charge in [-0.05, 0) is 29.8 Å². The number of hydrogen-bond donors (Lipinski definition) is 1. The number of rotatable bonds is 8. The number of hydrogen-bond acceptors (Lipinski definition) is 5. The Labute approximate surface area is 166 Å². The molecule has 0 saturated carbocycles. The van der Waals surface area contributed by atoms with Crippen molar-refractivity contribution in [3.05, 3.63) is 70.2 Å². The maximum Gasteiger partial charge on any atom is 0.229 e. The molecule has 0 unspecified atom stereocenters. The molecule has 0 aliphatic carbocycles. The molecule has 0 aliphatic rings. The minimum absolute atomic E-state index is 0.141. The number of carbonyl (C=O) groups excluding carboxylic acids is 1. The quantitative estimate of drug-likeness (QED) is 0.587. The minimum atomic E-state index is -0.141. The van der Waals surface area contributed by atoms with Crippen LogP contribution < -0.4 is 14.8 Å². The number of amides is 1. The van der Waals surface area contributed by atoms with E-state index in [1.807, 2.05) is 42.5 Å². The fraction of sp³-hybridized carbons (Fsp3) is 0.200. The van der Waals surface area contributed by atoms with Crippen LogP contribution in [0.4, 0.5) is 5.13 Å². The van der Waals surface area contributed by atoms with E-state index in [-0.39, 0.29) is 18.9 Å². The summed E-state index contributed by atoms with van der Waals surface area (Å²) in [5.41, 5.74) is 1.14. The highest BCUT2D eigenvalue weighted by Gasteiger charge is 2.09. The highest BCUT2D eigenvalue weighted by molar-refractivity contribution is 7.15. The summed E-state index contributed by atoms with van der Waals surface area (Å²) in [7, 11) is 1.58. The molecule has 3 rings (SSSR count). The summed E-state index contributed by atoms with van der Waals surface area (Å²) in [5.74, 6) is 1.12. The van der Waals surface area contributed by atoms with Gasteiger partial charge in [0, 0.05) is 22.5 Å². The zero-order chi connectivity index (χ0) is 19.1. The van der Waals surface area contributed by atoms with Crippen molar-refractivity contribution >= 4 is 34.0 Å². The Morgan fingerprint density at radius 2 is 1.89 bits per heavy atom. The van der Waals surface area contributed by atoms with Crippen molar-refractivity contribution in [2.24, 2.45) is 0 Å². The standard InChI is InChI=1S/C20H19ClN2O3S/c1-25-17-4-2-3-5-18(17)26-11-10-19(24)23-20-22-13-16(27-20)12-14-6-8-15(21)9-7-14/h2-9,13H,10-12H2,1H3,(H,22,23,24). The lowest BCUT2D eigenvalue weighted by molar-refractivity contribution is -0.116. The normalized spacial score (nSPS) is 10.4. The first kappa shape index (κ1) is 19.2. The zero-order valence-corrected chi connectivity index (χ0v) is 16.3. The summed E-state index contributed by atoms with van der Waals surface area (Å²) in [5, 5.41) is 4.11. The molecule has 1 aromatic heterocycles. The van der Waals surface area contributed by atoms with Gasteiger partial charge in [0.25, 0.3) is 0 Å². The molecule has 27 heavy (non-hydrogen) atoms. The maximum absolute atomic E-state index is 12.1. The summed E-state index contributed by atoms with van der Waals surface area (Å²) >= 11 is 7.36. The molecule has 2 aromatic carbocycles. The van der Waals surface area contributed by atoms with Crippen LogP contribution in [0.15, 0.2) is 54.7 Å². The second-order valence-corrected chi connectivity index (χ2v) is 7.28.